The number of sulfonamides is 1. The second-order valence-corrected chi connectivity index (χ2v) is 8.85. The van der Waals surface area contributed by atoms with Gasteiger partial charge in [-0.2, -0.15) is 0 Å². The van der Waals surface area contributed by atoms with Crippen LogP contribution in [-0.4, -0.2) is 42.2 Å². The Kier molecular flexibility index (Phi) is 7.78. The quantitative estimate of drug-likeness (QED) is 0.489. The number of para-hydroxylation sites is 2. The van der Waals surface area contributed by atoms with E-state index in [0.29, 0.717) is 17.2 Å². The normalized spacial score (nSPS) is 10.9. The Labute approximate surface area is 193 Å². The van der Waals surface area contributed by atoms with E-state index >= 15 is 0 Å². The van der Waals surface area contributed by atoms with Gasteiger partial charge in [0.2, 0.25) is 5.91 Å². The molecule has 0 radical (unpaired) electrons. The number of carbonyl (C=O) groups is 1. The number of hydrogen-bond donors (Lipinski definition) is 1. The van der Waals surface area contributed by atoms with E-state index in [4.69, 9.17) is 14.2 Å². The van der Waals surface area contributed by atoms with Crippen LogP contribution in [0, 0.1) is 0 Å². The van der Waals surface area contributed by atoms with E-state index in [1.54, 1.807) is 55.6 Å². The Bertz CT molecular complexity index is 1200. The third-order valence-electron chi connectivity index (χ3n) is 4.91. The number of hydrogen-bond acceptors (Lipinski definition) is 6. The highest BCUT2D eigenvalue weighted by Crippen LogP contribution is 2.32. The van der Waals surface area contributed by atoms with Gasteiger partial charge in [-0.3, -0.25) is 9.10 Å². The highest BCUT2D eigenvalue weighted by Gasteiger charge is 2.29. The van der Waals surface area contributed by atoms with Gasteiger partial charge in [-0.15, -0.1) is 0 Å². The molecule has 174 valence electrons. The highest BCUT2D eigenvalue weighted by molar-refractivity contribution is 7.92. The van der Waals surface area contributed by atoms with Crippen molar-refractivity contribution in [2.24, 2.45) is 0 Å². The SMILES string of the molecule is COc1ccc(S(=O)(=O)N(CC(=O)NCc2cccc(OC)c2)c2ccccc2OC)cc1. The van der Waals surface area contributed by atoms with Gasteiger partial charge >= 0.3 is 0 Å². The summed E-state index contributed by atoms with van der Waals surface area (Å²) >= 11 is 0. The number of methoxy groups -OCH3 is 3. The molecule has 0 spiro atoms. The molecule has 33 heavy (non-hydrogen) atoms. The fraction of sp³-hybridized carbons (Fsp3) is 0.208. The summed E-state index contributed by atoms with van der Waals surface area (Å²) in [5, 5.41) is 2.77. The number of ether oxygens (including phenoxy) is 3. The van der Waals surface area contributed by atoms with Crippen molar-refractivity contribution in [3.8, 4) is 17.2 Å². The number of carbonyl (C=O) groups excluding carboxylic acids is 1. The van der Waals surface area contributed by atoms with Crippen LogP contribution < -0.4 is 23.8 Å². The van der Waals surface area contributed by atoms with Crippen molar-refractivity contribution in [1.29, 1.82) is 0 Å². The summed E-state index contributed by atoms with van der Waals surface area (Å²) < 4.78 is 43.8. The molecule has 9 heteroatoms. The van der Waals surface area contributed by atoms with Crippen LogP contribution in [0.2, 0.25) is 0 Å². The van der Waals surface area contributed by atoms with Gasteiger partial charge in [0.05, 0.1) is 31.9 Å². The predicted molar refractivity (Wildman–Crippen MR) is 125 cm³/mol. The molecule has 1 amide bonds. The van der Waals surface area contributed by atoms with Crippen LogP contribution in [0.25, 0.3) is 0 Å². The maximum atomic E-state index is 13.5. The zero-order valence-electron chi connectivity index (χ0n) is 18.6. The van der Waals surface area contributed by atoms with Gasteiger partial charge in [-0.25, -0.2) is 8.42 Å². The first-order valence-electron chi connectivity index (χ1n) is 10.1. The standard InChI is InChI=1S/C24H26N2O6S/c1-30-19-11-13-21(14-12-19)33(28,29)26(22-9-4-5-10-23(22)32-3)17-24(27)25-16-18-7-6-8-20(15-18)31-2/h4-15H,16-17H2,1-3H3,(H,25,27). The number of rotatable bonds is 10. The van der Waals surface area contributed by atoms with Crippen molar-refractivity contribution in [2.45, 2.75) is 11.4 Å². The van der Waals surface area contributed by atoms with Crippen LogP contribution >= 0.6 is 0 Å². The summed E-state index contributed by atoms with van der Waals surface area (Å²) in [6.45, 7) is -0.211. The van der Waals surface area contributed by atoms with Crippen LogP contribution in [0.15, 0.2) is 77.7 Å². The molecule has 0 saturated carbocycles. The van der Waals surface area contributed by atoms with Gasteiger partial charge < -0.3 is 19.5 Å². The largest absolute Gasteiger partial charge is 0.497 e. The highest BCUT2D eigenvalue weighted by atomic mass is 32.2. The van der Waals surface area contributed by atoms with Crippen molar-refractivity contribution in [2.75, 3.05) is 32.2 Å². The van der Waals surface area contributed by atoms with Gasteiger partial charge in [-0.05, 0) is 54.1 Å². The van der Waals surface area contributed by atoms with E-state index in [1.165, 1.54) is 26.4 Å². The smallest absolute Gasteiger partial charge is 0.264 e. The van der Waals surface area contributed by atoms with Gasteiger partial charge in [-0.1, -0.05) is 24.3 Å². The summed E-state index contributed by atoms with van der Waals surface area (Å²) in [5.41, 5.74) is 1.08. The van der Waals surface area contributed by atoms with Crippen LogP contribution in [0.1, 0.15) is 5.56 Å². The number of benzene rings is 3. The summed E-state index contributed by atoms with van der Waals surface area (Å²) in [4.78, 5) is 12.8. The fourth-order valence-electron chi connectivity index (χ4n) is 3.18. The number of anilines is 1. The second-order valence-electron chi connectivity index (χ2n) is 6.99. The molecule has 3 aromatic rings. The van der Waals surface area contributed by atoms with E-state index in [2.05, 4.69) is 5.32 Å². The monoisotopic (exact) mass is 470 g/mol. The van der Waals surface area contributed by atoms with Gasteiger partial charge in [0.25, 0.3) is 10.0 Å². The molecule has 0 aliphatic heterocycles. The Balaban J connectivity index is 1.89. The molecule has 0 atom stereocenters. The molecule has 0 saturated heterocycles. The minimum Gasteiger partial charge on any atom is -0.497 e. The van der Waals surface area contributed by atoms with E-state index in [1.807, 2.05) is 12.1 Å². The van der Waals surface area contributed by atoms with Crippen molar-refractivity contribution < 1.29 is 27.4 Å². The number of nitrogens with zero attached hydrogens (tertiary/aromatic N) is 1. The molecule has 0 bridgehead atoms. The maximum Gasteiger partial charge on any atom is 0.264 e. The van der Waals surface area contributed by atoms with Crippen molar-refractivity contribution >= 4 is 21.6 Å². The molecule has 0 aliphatic rings. The summed E-state index contributed by atoms with van der Waals surface area (Å²) in [7, 11) is 0.421. The number of nitrogens with one attached hydrogen (secondary N) is 1. The lowest BCUT2D eigenvalue weighted by atomic mass is 10.2. The Morgan fingerprint density at radius 3 is 2.21 bits per heavy atom. The Morgan fingerprint density at radius 1 is 0.848 bits per heavy atom. The molecular weight excluding hydrogens is 444 g/mol. The minimum atomic E-state index is -4.08. The van der Waals surface area contributed by atoms with Crippen LogP contribution in [0.3, 0.4) is 0 Å². The molecule has 0 aliphatic carbocycles. The summed E-state index contributed by atoms with van der Waals surface area (Å²) in [5.74, 6) is 1.05. The molecule has 8 nitrogen and oxygen atoms in total. The maximum absolute atomic E-state index is 13.5. The first-order chi connectivity index (χ1) is 15.9. The van der Waals surface area contributed by atoms with E-state index in [9.17, 15) is 13.2 Å². The van der Waals surface area contributed by atoms with Crippen molar-refractivity contribution in [1.82, 2.24) is 5.32 Å². The summed E-state index contributed by atoms with van der Waals surface area (Å²) in [6, 6.07) is 19.9. The third kappa shape index (κ3) is 5.75. The summed E-state index contributed by atoms with van der Waals surface area (Å²) in [6.07, 6.45) is 0. The molecule has 0 heterocycles. The molecule has 3 aromatic carbocycles. The minimum absolute atomic E-state index is 0.0230. The first-order valence-corrected chi connectivity index (χ1v) is 11.5. The molecule has 0 aromatic heterocycles. The van der Waals surface area contributed by atoms with Crippen LogP contribution in [0.4, 0.5) is 5.69 Å². The lowest BCUT2D eigenvalue weighted by Crippen LogP contribution is -2.40. The fourth-order valence-corrected chi connectivity index (χ4v) is 4.61. The van der Waals surface area contributed by atoms with Gasteiger partial charge in [0.15, 0.2) is 0 Å². The first kappa shape index (κ1) is 23.9. The van der Waals surface area contributed by atoms with E-state index < -0.39 is 22.5 Å². The van der Waals surface area contributed by atoms with Crippen LogP contribution in [-0.2, 0) is 21.4 Å². The van der Waals surface area contributed by atoms with Crippen LogP contribution in [0.5, 0.6) is 17.2 Å². The number of amides is 1. The topological polar surface area (TPSA) is 94.2 Å². The average Bonchev–Trinajstić information content (AvgIpc) is 2.86. The van der Waals surface area contributed by atoms with Crippen molar-refractivity contribution in [3.63, 3.8) is 0 Å². The van der Waals surface area contributed by atoms with Crippen molar-refractivity contribution in [3.05, 3.63) is 78.4 Å². The molecular formula is C24H26N2O6S. The molecule has 0 unspecified atom stereocenters. The Hall–Kier alpha value is -3.72. The second kappa shape index (κ2) is 10.7. The zero-order chi connectivity index (χ0) is 23.8. The molecule has 0 fully saturated rings. The average molecular weight is 471 g/mol. The molecule has 1 N–H and O–H groups in total. The lowest BCUT2D eigenvalue weighted by Gasteiger charge is -2.25. The van der Waals surface area contributed by atoms with E-state index in [-0.39, 0.29) is 17.1 Å². The lowest BCUT2D eigenvalue weighted by molar-refractivity contribution is -0.119. The molecule has 3 rings (SSSR count). The van der Waals surface area contributed by atoms with Gasteiger partial charge in [0.1, 0.15) is 23.8 Å². The predicted octanol–water partition coefficient (Wildman–Crippen LogP) is 3.22. The zero-order valence-corrected chi connectivity index (χ0v) is 19.5. The van der Waals surface area contributed by atoms with E-state index in [0.717, 1.165) is 9.87 Å². The van der Waals surface area contributed by atoms with Gasteiger partial charge in [0, 0.05) is 6.54 Å². The third-order valence-corrected chi connectivity index (χ3v) is 6.69. The Morgan fingerprint density at radius 2 is 1.55 bits per heavy atom.